The fourth-order valence-electron chi connectivity index (χ4n) is 2.18. The maximum atomic E-state index is 5.42. The molecule has 1 N–H and O–H groups in total. The van der Waals surface area contributed by atoms with Gasteiger partial charge >= 0.3 is 0 Å². The molecule has 0 aromatic carbocycles. The van der Waals surface area contributed by atoms with Gasteiger partial charge in [0, 0.05) is 0 Å². The third-order valence-corrected chi connectivity index (χ3v) is 3.46. The first kappa shape index (κ1) is 10.7. The molecule has 1 heterocycles. The van der Waals surface area contributed by atoms with Crippen LogP contribution in [0, 0.1) is 5.92 Å². The second kappa shape index (κ2) is 5.36. The van der Waals surface area contributed by atoms with Crippen LogP contribution < -0.4 is 5.32 Å². The van der Waals surface area contributed by atoms with E-state index in [1.165, 1.54) is 25.7 Å². The molecule has 0 aliphatic heterocycles. The maximum Gasteiger partial charge on any atom is 0.120 e. The molecular formula is C13H21NO. The van der Waals surface area contributed by atoms with Gasteiger partial charge in [-0.3, -0.25) is 0 Å². The molecule has 2 rings (SSSR count). The highest BCUT2D eigenvalue weighted by atomic mass is 16.3. The minimum Gasteiger partial charge on any atom is -0.468 e. The summed E-state index contributed by atoms with van der Waals surface area (Å²) in [7, 11) is 0. The van der Waals surface area contributed by atoms with E-state index in [9.17, 15) is 0 Å². The van der Waals surface area contributed by atoms with Crippen molar-refractivity contribution in [3.63, 3.8) is 0 Å². The average Bonchev–Trinajstić information content (AvgIpc) is 2.68. The molecular weight excluding hydrogens is 186 g/mol. The van der Waals surface area contributed by atoms with Crippen molar-refractivity contribution in [3.05, 3.63) is 24.2 Å². The van der Waals surface area contributed by atoms with Crippen LogP contribution in [0.15, 0.2) is 22.8 Å². The van der Waals surface area contributed by atoms with Crippen molar-refractivity contribution in [2.45, 2.75) is 45.1 Å². The topological polar surface area (TPSA) is 25.2 Å². The molecule has 1 aromatic heterocycles. The number of hydrogen-bond acceptors (Lipinski definition) is 2. The summed E-state index contributed by atoms with van der Waals surface area (Å²) in [5, 5.41) is 3.58. The molecule has 0 radical (unpaired) electrons. The van der Waals surface area contributed by atoms with E-state index < -0.39 is 0 Å². The van der Waals surface area contributed by atoms with E-state index in [-0.39, 0.29) is 0 Å². The van der Waals surface area contributed by atoms with Crippen LogP contribution in [0.4, 0.5) is 0 Å². The van der Waals surface area contributed by atoms with Crippen molar-refractivity contribution in [2.75, 3.05) is 6.54 Å². The predicted molar refractivity (Wildman–Crippen MR) is 61.7 cm³/mol. The molecule has 15 heavy (non-hydrogen) atoms. The Morgan fingerprint density at radius 3 is 2.93 bits per heavy atom. The van der Waals surface area contributed by atoms with Crippen LogP contribution in [0.1, 0.15) is 50.8 Å². The zero-order chi connectivity index (χ0) is 10.5. The molecule has 2 nitrogen and oxygen atoms in total. The first-order valence-electron chi connectivity index (χ1n) is 6.17. The van der Waals surface area contributed by atoms with Crippen molar-refractivity contribution in [3.8, 4) is 0 Å². The summed E-state index contributed by atoms with van der Waals surface area (Å²) in [4.78, 5) is 0. The maximum absolute atomic E-state index is 5.42. The van der Waals surface area contributed by atoms with Crippen molar-refractivity contribution >= 4 is 0 Å². The number of furan rings is 1. The van der Waals surface area contributed by atoms with Gasteiger partial charge in [0.2, 0.25) is 0 Å². The van der Waals surface area contributed by atoms with E-state index in [1.54, 1.807) is 6.26 Å². The molecule has 0 spiro atoms. The lowest BCUT2D eigenvalue weighted by Crippen LogP contribution is -2.25. The summed E-state index contributed by atoms with van der Waals surface area (Å²) >= 11 is 0. The standard InChI is InChI=1S/C13H21NO/c1-2-12(13-7-4-10-15-13)14-9-8-11-5-3-6-11/h4,7,10-12,14H,2-3,5-6,8-9H2,1H3. The fourth-order valence-corrected chi connectivity index (χ4v) is 2.18. The van der Waals surface area contributed by atoms with Gasteiger partial charge < -0.3 is 9.73 Å². The molecule has 1 unspecified atom stereocenters. The van der Waals surface area contributed by atoms with Gasteiger partial charge in [0.1, 0.15) is 5.76 Å². The Morgan fingerprint density at radius 1 is 1.53 bits per heavy atom. The van der Waals surface area contributed by atoms with Crippen molar-refractivity contribution in [2.24, 2.45) is 5.92 Å². The second-order valence-corrected chi connectivity index (χ2v) is 4.52. The average molecular weight is 207 g/mol. The molecule has 2 heteroatoms. The van der Waals surface area contributed by atoms with Crippen LogP contribution >= 0.6 is 0 Å². The number of rotatable bonds is 6. The minimum absolute atomic E-state index is 0.403. The van der Waals surface area contributed by atoms with Crippen LogP contribution in [0.5, 0.6) is 0 Å². The van der Waals surface area contributed by atoms with Gasteiger partial charge in [0.05, 0.1) is 12.3 Å². The molecule has 1 aromatic rings. The molecule has 0 saturated heterocycles. The van der Waals surface area contributed by atoms with Crippen LogP contribution in [0.25, 0.3) is 0 Å². The SMILES string of the molecule is CCC(NCCC1CCC1)c1ccco1. The summed E-state index contributed by atoms with van der Waals surface area (Å²) < 4.78 is 5.42. The second-order valence-electron chi connectivity index (χ2n) is 4.52. The highest BCUT2D eigenvalue weighted by Crippen LogP contribution is 2.29. The van der Waals surface area contributed by atoms with E-state index in [2.05, 4.69) is 18.3 Å². The number of hydrogen-bond donors (Lipinski definition) is 1. The quantitative estimate of drug-likeness (QED) is 0.772. The Morgan fingerprint density at radius 2 is 2.40 bits per heavy atom. The van der Waals surface area contributed by atoms with Gasteiger partial charge in [-0.1, -0.05) is 26.2 Å². The fraction of sp³-hybridized carbons (Fsp3) is 0.692. The van der Waals surface area contributed by atoms with E-state index in [4.69, 9.17) is 4.42 Å². The monoisotopic (exact) mass is 207 g/mol. The van der Waals surface area contributed by atoms with Crippen LogP contribution in [0.3, 0.4) is 0 Å². The molecule has 0 bridgehead atoms. The van der Waals surface area contributed by atoms with E-state index in [1.807, 2.05) is 6.07 Å². The minimum atomic E-state index is 0.403. The lowest BCUT2D eigenvalue weighted by Gasteiger charge is -2.26. The molecule has 84 valence electrons. The molecule has 1 saturated carbocycles. The van der Waals surface area contributed by atoms with Gasteiger partial charge in [0.25, 0.3) is 0 Å². The van der Waals surface area contributed by atoms with Crippen LogP contribution in [-0.4, -0.2) is 6.54 Å². The third kappa shape index (κ3) is 2.85. The zero-order valence-corrected chi connectivity index (χ0v) is 9.54. The van der Waals surface area contributed by atoms with Crippen molar-refractivity contribution in [1.82, 2.24) is 5.32 Å². The first-order valence-corrected chi connectivity index (χ1v) is 6.17. The Hall–Kier alpha value is -0.760. The summed E-state index contributed by atoms with van der Waals surface area (Å²) in [6.45, 7) is 3.33. The van der Waals surface area contributed by atoms with Gasteiger partial charge in [-0.15, -0.1) is 0 Å². The molecule has 1 atom stereocenters. The molecule has 1 aliphatic rings. The molecule has 1 fully saturated rings. The normalized spacial score (nSPS) is 18.7. The van der Waals surface area contributed by atoms with Crippen LogP contribution in [0.2, 0.25) is 0 Å². The highest BCUT2D eigenvalue weighted by molar-refractivity contribution is 5.03. The third-order valence-electron chi connectivity index (χ3n) is 3.46. The Balaban J connectivity index is 1.71. The smallest absolute Gasteiger partial charge is 0.120 e. The highest BCUT2D eigenvalue weighted by Gasteiger charge is 2.17. The van der Waals surface area contributed by atoms with E-state index in [0.717, 1.165) is 24.6 Å². The van der Waals surface area contributed by atoms with Gasteiger partial charge in [-0.05, 0) is 37.4 Å². The summed E-state index contributed by atoms with van der Waals surface area (Å²) in [5.41, 5.74) is 0. The number of nitrogens with one attached hydrogen (secondary N) is 1. The zero-order valence-electron chi connectivity index (χ0n) is 9.54. The first-order chi connectivity index (χ1) is 7.40. The van der Waals surface area contributed by atoms with Crippen molar-refractivity contribution in [1.29, 1.82) is 0 Å². The van der Waals surface area contributed by atoms with Gasteiger partial charge in [-0.25, -0.2) is 0 Å². The predicted octanol–water partition coefficient (Wildman–Crippen LogP) is 3.51. The summed E-state index contributed by atoms with van der Waals surface area (Å²) in [6, 6.07) is 4.43. The van der Waals surface area contributed by atoms with E-state index in [0.29, 0.717) is 6.04 Å². The van der Waals surface area contributed by atoms with Gasteiger partial charge in [0.15, 0.2) is 0 Å². The molecule has 1 aliphatic carbocycles. The van der Waals surface area contributed by atoms with E-state index >= 15 is 0 Å². The largest absolute Gasteiger partial charge is 0.468 e. The van der Waals surface area contributed by atoms with Crippen molar-refractivity contribution < 1.29 is 4.42 Å². The van der Waals surface area contributed by atoms with Gasteiger partial charge in [-0.2, -0.15) is 0 Å². The summed E-state index contributed by atoms with van der Waals surface area (Å²) in [5.74, 6) is 2.07. The summed E-state index contributed by atoms with van der Waals surface area (Å²) in [6.07, 6.45) is 8.51. The van der Waals surface area contributed by atoms with Crippen LogP contribution in [-0.2, 0) is 0 Å². The Bertz CT molecular complexity index is 264. The molecule has 0 amide bonds. The lowest BCUT2D eigenvalue weighted by molar-refractivity contribution is 0.282. The lowest BCUT2D eigenvalue weighted by atomic mass is 9.83. The Kier molecular flexibility index (Phi) is 3.84. The Labute approximate surface area is 92.1 Å².